The second-order valence-corrected chi connectivity index (χ2v) is 26.5. The van der Waals surface area contributed by atoms with E-state index in [0.29, 0.717) is 44.6 Å². The largest absolute Gasteiger partial charge is 0.305 e. The number of nitro benzene ring substituents is 2. The van der Waals surface area contributed by atoms with Gasteiger partial charge in [-0.3, -0.25) is 30.0 Å². The Bertz CT molecular complexity index is 3620. The van der Waals surface area contributed by atoms with Gasteiger partial charge in [-0.05, 0) is 143 Å². The molecule has 0 aliphatic heterocycles. The summed E-state index contributed by atoms with van der Waals surface area (Å²) in [6, 6.07) is 24.9. The minimum absolute atomic E-state index is 0.0347. The number of allylic oxidation sites excluding steroid dienone is 2. The summed E-state index contributed by atoms with van der Waals surface area (Å²) in [6.45, 7) is 34.5. The van der Waals surface area contributed by atoms with Crippen molar-refractivity contribution in [2.45, 2.75) is 199 Å². The third-order valence-corrected chi connectivity index (χ3v) is 15.0. The summed E-state index contributed by atoms with van der Waals surface area (Å²) < 4.78 is 117. The van der Waals surface area contributed by atoms with Crippen LogP contribution in [0.15, 0.2) is 109 Å². The number of hydrogen-bond acceptors (Lipinski definition) is 9. The number of benzene rings is 5. The van der Waals surface area contributed by atoms with Crippen LogP contribution in [0.3, 0.4) is 0 Å². The topological polar surface area (TPSA) is 188 Å². The number of halogens is 9. The summed E-state index contributed by atoms with van der Waals surface area (Å²) in [6.07, 6.45) is 11.2. The van der Waals surface area contributed by atoms with Crippen molar-refractivity contribution in [3.63, 3.8) is 0 Å². The van der Waals surface area contributed by atoms with Crippen LogP contribution < -0.4 is 0 Å². The predicted octanol–water partition coefficient (Wildman–Crippen LogP) is 22.5. The molecular formula is C74H89F9N6O5. The molecular weight excluding hydrogens is 1220 g/mol. The molecule has 11 nitrogen and oxygen atoms in total. The minimum atomic E-state index is -1.36. The van der Waals surface area contributed by atoms with Crippen LogP contribution in [-0.4, -0.2) is 20.6 Å². The van der Waals surface area contributed by atoms with Gasteiger partial charge in [0, 0.05) is 54.2 Å². The Morgan fingerprint density at radius 3 is 1.38 bits per heavy atom. The molecule has 6 aromatic rings. The third-order valence-electron chi connectivity index (χ3n) is 15.0. The molecule has 1 aromatic heterocycles. The van der Waals surface area contributed by atoms with Crippen molar-refractivity contribution < 1.29 is 54.2 Å². The first-order valence-corrected chi connectivity index (χ1v) is 30.8. The SMILES string of the molecule is CC(C)(C)C1(C#N)CC1.CC(C)(C)CCC(=O)C1=CCC1.CC(C)c1c(F)c(F)cc(F)c1F.CC(C)c1cc(C#N)ccc1F.CC(C)c1cc([N+](=O)[O-])ccc1F.CC(C)c1cccc(C#N)c1F.CC(C)c1cccc([N+](=O)[O-])c1F.CC(C)c1cnccc1F. The van der Waals surface area contributed by atoms with Gasteiger partial charge in [0.2, 0.25) is 5.82 Å². The predicted molar refractivity (Wildman–Crippen MR) is 351 cm³/mol. The average molecular weight is 1310 g/mol. The van der Waals surface area contributed by atoms with E-state index in [4.69, 9.17) is 15.8 Å². The van der Waals surface area contributed by atoms with E-state index < -0.39 is 56.1 Å². The Morgan fingerprint density at radius 1 is 0.553 bits per heavy atom. The van der Waals surface area contributed by atoms with Crippen molar-refractivity contribution in [1.29, 1.82) is 15.8 Å². The lowest BCUT2D eigenvalue weighted by molar-refractivity contribution is -0.387. The highest BCUT2D eigenvalue weighted by Crippen LogP contribution is 2.57. The first kappa shape index (κ1) is 83.3. The van der Waals surface area contributed by atoms with Gasteiger partial charge in [0.15, 0.2) is 29.1 Å². The van der Waals surface area contributed by atoms with E-state index in [1.54, 1.807) is 58.2 Å². The smallest absolute Gasteiger partial charge is 0.295 e. The van der Waals surface area contributed by atoms with Crippen molar-refractivity contribution in [3.8, 4) is 18.2 Å². The number of aromatic nitrogens is 1. The zero-order chi connectivity index (χ0) is 72.3. The summed E-state index contributed by atoms with van der Waals surface area (Å²) in [4.78, 5) is 34.7. The zero-order valence-electron chi connectivity index (χ0n) is 57.1. The molecule has 5 aromatic carbocycles. The van der Waals surface area contributed by atoms with E-state index in [0.717, 1.165) is 50.2 Å². The molecule has 2 aliphatic carbocycles. The molecule has 0 radical (unpaired) electrons. The first-order valence-electron chi connectivity index (χ1n) is 30.8. The van der Waals surface area contributed by atoms with Crippen molar-refractivity contribution in [2.75, 3.05) is 0 Å². The number of rotatable bonds is 11. The standard InChI is InChI=1S/C11H18O.2C10H10FN.C9H8F4.2C9H10FNO2.C8H10FN.C8H13N/c1-11(2,3)8-7-10(12)9-5-4-6-9;1-7(2)9-5-8(6-12)3-4-10(9)11;1-7(2)9-5-3-4-8(6-12)10(9)11;1-4(2)7-8(12)5(10)3-6(11)9(7)13;1-6(2)8-5-7(11(12)13)3-4-9(8)10;1-6(2)7-4-3-5-8(9(7)10)11(12)13;1-6(2)7-5-10-4-3-8(7)9;1-7(2,3)8(6-9)4-5-8/h5H,4,6-8H2,1-3H3;2*3-5,7H,1-2H3;3-4H,1-2H3;2*3-6H,1-2H3;3-6H,1-2H3;4-5H2,1-3H3. The Kier molecular flexibility index (Phi) is 34.1. The summed E-state index contributed by atoms with van der Waals surface area (Å²) >= 11 is 0. The molecule has 508 valence electrons. The molecule has 0 spiro atoms. The van der Waals surface area contributed by atoms with Crippen molar-refractivity contribution in [3.05, 3.63) is 226 Å². The number of nitriles is 3. The summed E-state index contributed by atoms with van der Waals surface area (Å²) in [5, 5.41) is 46.6. The second-order valence-electron chi connectivity index (χ2n) is 26.5. The fourth-order valence-electron chi connectivity index (χ4n) is 8.61. The van der Waals surface area contributed by atoms with Crippen LogP contribution in [0.1, 0.15) is 243 Å². The number of pyridine rings is 1. The lowest BCUT2D eigenvalue weighted by atomic mass is 9.79. The van der Waals surface area contributed by atoms with Gasteiger partial charge in [-0.25, -0.2) is 35.1 Å². The van der Waals surface area contributed by atoms with Gasteiger partial charge in [0.05, 0.1) is 38.5 Å². The van der Waals surface area contributed by atoms with E-state index in [9.17, 15) is 64.5 Å². The number of carbonyl (C=O) groups excluding carboxylic acids is 1. The number of non-ortho nitro benzene ring substituents is 1. The zero-order valence-corrected chi connectivity index (χ0v) is 57.1. The first-order chi connectivity index (χ1) is 43.5. The van der Waals surface area contributed by atoms with E-state index >= 15 is 0 Å². The molecule has 0 saturated heterocycles. The number of ketones is 1. The van der Waals surface area contributed by atoms with Crippen LogP contribution in [-0.2, 0) is 4.79 Å². The van der Waals surface area contributed by atoms with Crippen molar-refractivity contribution in [2.24, 2.45) is 16.2 Å². The van der Waals surface area contributed by atoms with E-state index in [1.165, 1.54) is 68.6 Å². The minimum Gasteiger partial charge on any atom is -0.295 e. The molecule has 0 bridgehead atoms. The molecule has 0 atom stereocenters. The van der Waals surface area contributed by atoms with E-state index in [1.807, 2.05) is 53.7 Å². The van der Waals surface area contributed by atoms with Crippen LogP contribution in [0.4, 0.5) is 50.9 Å². The molecule has 94 heavy (non-hydrogen) atoms. The van der Waals surface area contributed by atoms with E-state index in [2.05, 4.69) is 58.7 Å². The van der Waals surface area contributed by atoms with Crippen LogP contribution in [0.5, 0.6) is 0 Å². The number of carbonyl (C=O) groups is 1. The summed E-state index contributed by atoms with van der Waals surface area (Å²) in [7, 11) is 0. The van der Waals surface area contributed by atoms with Gasteiger partial charge in [-0.15, -0.1) is 0 Å². The maximum absolute atomic E-state index is 13.3. The second kappa shape index (κ2) is 38.5. The number of nitro groups is 2. The van der Waals surface area contributed by atoms with Crippen LogP contribution in [0, 0.1) is 123 Å². The lowest BCUT2D eigenvalue weighted by Crippen LogP contribution is -2.19. The van der Waals surface area contributed by atoms with Crippen molar-refractivity contribution in [1.82, 2.24) is 4.98 Å². The molecule has 8 rings (SSSR count). The fraction of sp³-hybridized carbons (Fsp3) is 0.446. The molecule has 0 unspecified atom stereocenters. The maximum atomic E-state index is 13.3. The van der Waals surface area contributed by atoms with E-state index in [-0.39, 0.29) is 81.0 Å². The van der Waals surface area contributed by atoms with Crippen molar-refractivity contribution >= 4 is 17.2 Å². The highest BCUT2D eigenvalue weighted by atomic mass is 19.2. The van der Waals surface area contributed by atoms with Crippen LogP contribution in [0.2, 0.25) is 0 Å². The number of hydrogen-bond donors (Lipinski definition) is 0. The molecule has 2 aliphatic rings. The highest BCUT2D eigenvalue weighted by Gasteiger charge is 2.52. The Balaban J connectivity index is 0.000000538. The fourth-order valence-corrected chi connectivity index (χ4v) is 8.61. The van der Waals surface area contributed by atoms with Gasteiger partial charge >= 0.3 is 5.69 Å². The van der Waals surface area contributed by atoms with Gasteiger partial charge < -0.3 is 0 Å². The van der Waals surface area contributed by atoms with Crippen LogP contribution in [0.25, 0.3) is 0 Å². The summed E-state index contributed by atoms with van der Waals surface area (Å²) in [5.74, 6) is -7.06. The molecule has 0 N–H and O–H groups in total. The quantitative estimate of drug-likeness (QED) is 0.0526. The van der Waals surface area contributed by atoms with Crippen LogP contribution >= 0.6 is 0 Å². The summed E-state index contributed by atoms with van der Waals surface area (Å²) in [5.41, 5.74) is 3.83. The molecule has 20 heteroatoms. The lowest BCUT2D eigenvalue weighted by Gasteiger charge is -2.23. The Morgan fingerprint density at radius 2 is 1.02 bits per heavy atom. The Labute approximate surface area is 549 Å². The third kappa shape index (κ3) is 26.7. The number of nitrogens with zero attached hydrogens (tertiary/aromatic N) is 6. The Hall–Kier alpha value is -8.70. The molecule has 1 fully saturated rings. The monoisotopic (exact) mass is 1310 g/mol. The normalized spacial score (nSPS) is 12.4. The molecule has 1 heterocycles. The van der Waals surface area contributed by atoms with Gasteiger partial charge in [0.25, 0.3) is 5.69 Å². The number of Topliss-reactive ketones (excluding diaryl/α,β-unsaturated/α-hetero) is 1. The highest BCUT2D eigenvalue weighted by molar-refractivity contribution is 5.96. The average Bonchev–Trinajstić information content (AvgIpc) is 1.61. The van der Waals surface area contributed by atoms with Gasteiger partial charge in [-0.2, -0.15) is 20.2 Å². The van der Waals surface area contributed by atoms with Gasteiger partial charge in [0.1, 0.15) is 29.3 Å². The van der Waals surface area contributed by atoms with Gasteiger partial charge in [-0.1, -0.05) is 155 Å². The maximum Gasteiger partial charge on any atom is 0.305 e. The molecule has 1 saturated carbocycles. The molecule has 0 amide bonds.